The second-order valence-corrected chi connectivity index (χ2v) is 6.39. The number of nitrogens with one attached hydrogen (secondary N) is 1. The SMILES string of the molecule is CCCNC(CCc1ccccc1)c1ccc(CC)s1. The van der Waals surface area contributed by atoms with Crippen molar-refractivity contribution in [1.82, 2.24) is 5.32 Å². The van der Waals surface area contributed by atoms with Gasteiger partial charge in [0.2, 0.25) is 0 Å². The van der Waals surface area contributed by atoms with Crippen LogP contribution in [0.4, 0.5) is 0 Å². The molecule has 1 heterocycles. The van der Waals surface area contributed by atoms with E-state index in [2.05, 4.69) is 61.6 Å². The molecule has 1 N–H and O–H groups in total. The molecule has 1 aromatic carbocycles. The number of hydrogen-bond donors (Lipinski definition) is 1. The summed E-state index contributed by atoms with van der Waals surface area (Å²) in [6, 6.07) is 15.9. The Hall–Kier alpha value is -1.12. The molecular formula is C18H25NS. The zero-order chi connectivity index (χ0) is 14.2. The number of thiophene rings is 1. The normalized spacial score (nSPS) is 12.5. The molecule has 2 rings (SSSR count). The summed E-state index contributed by atoms with van der Waals surface area (Å²) in [5.41, 5.74) is 1.43. The van der Waals surface area contributed by atoms with Crippen molar-refractivity contribution >= 4 is 11.3 Å². The Morgan fingerprint density at radius 1 is 1.05 bits per heavy atom. The first-order valence-electron chi connectivity index (χ1n) is 7.69. The van der Waals surface area contributed by atoms with E-state index in [4.69, 9.17) is 0 Å². The fraction of sp³-hybridized carbons (Fsp3) is 0.444. The van der Waals surface area contributed by atoms with Crippen molar-refractivity contribution in [3.8, 4) is 0 Å². The standard InChI is InChI=1S/C18H25NS/c1-3-14-19-17(18-13-11-16(4-2)20-18)12-10-15-8-6-5-7-9-15/h5-9,11,13,17,19H,3-4,10,12,14H2,1-2H3. The molecule has 0 fully saturated rings. The van der Waals surface area contributed by atoms with E-state index in [1.807, 2.05) is 11.3 Å². The molecule has 108 valence electrons. The molecule has 0 saturated carbocycles. The smallest absolute Gasteiger partial charge is 0.0418 e. The maximum Gasteiger partial charge on any atom is 0.0418 e. The van der Waals surface area contributed by atoms with E-state index in [0.717, 1.165) is 19.4 Å². The summed E-state index contributed by atoms with van der Waals surface area (Å²) in [5.74, 6) is 0. The molecule has 0 aliphatic rings. The van der Waals surface area contributed by atoms with Crippen LogP contribution in [-0.4, -0.2) is 6.54 Å². The topological polar surface area (TPSA) is 12.0 Å². The van der Waals surface area contributed by atoms with Crippen LogP contribution in [0.15, 0.2) is 42.5 Å². The quantitative estimate of drug-likeness (QED) is 0.721. The van der Waals surface area contributed by atoms with Gasteiger partial charge in [-0.3, -0.25) is 0 Å². The Kier molecular flexibility index (Phi) is 6.28. The highest BCUT2D eigenvalue weighted by Gasteiger charge is 2.13. The van der Waals surface area contributed by atoms with Gasteiger partial charge in [-0.1, -0.05) is 44.2 Å². The van der Waals surface area contributed by atoms with E-state index >= 15 is 0 Å². The zero-order valence-corrected chi connectivity index (χ0v) is 13.4. The monoisotopic (exact) mass is 287 g/mol. The second kappa shape index (κ2) is 8.23. The van der Waals surface area contributed by atoms with Crippen LogP contribution in [0.5, 0.6) is 0 Å². The van der Waals surface area contributed by atoms with Crippen LogP contribution in [0, 0.1) is 0 Å². The van der Waals surface area contributed by atoms with Gasteiger partial charge in [0.15, 0.2) is 0 Å². The third-order valence-electron chi connectivity index (χ3n) is 3.58. The van der Waals surface area contributed by atoms with Crippen molar-refractivity contribution in [2.24, 2.45) is 0 Å². The molecule has 0 saturated heterocycles. The molecule has 0 aliphatic carbocycles. The number of aryl methyl sites for hydroxylation is 2. The van der Waals surface area contributed by atoms with Gasteiger partial charge in [-0.25, -0.2) is 0 Å². The predicted octanol–water partition coefficient (Wildman–Crippen LogP) is 4.98. The Labute approximate surface area is 127 Å². The maximum absolute atomic E-state index is 3.70. The molecule has 0 spiro atoms. The van der Waals surface area contributed by atoms with Crippen molar-refractivity contribution < 1.29 is 0 Å². The zero-order valence-electron chi connectivity index (χ0n) is 12.6. The summed E-state index contributed by atoms with van der Waals surface area (Å²) in [7, 11) is 0. The molecule has 1 aromatic heterocycles. The highest BCUT2D eigenvalue weighted by atomic mass is 32.1. The molecule has 2 heteroatoms. The summed E-state index contributed by atoms with van der Waals surface area (Å²) in [6.45, 7) is 5.56. The molecule has 0 bridgehead atoms. The molecule has 0 radical (unpaired) electrons. The van der Waals surface area contributed by atoms with E-state index in [0.29, 0.717) is 6.04 Å². The fourth-order valence-electron chi connectivity index (χ4n) is 2.39. The van der Waals surface area contributed by atoms with Crippen LogP contribution < -0.4 is 5.32 Å². The number of benzene rings is 1. The van der Waals surface area contributed by atoms with Crippen molar-refractivity contribution in [2.45, 2.75) is 45.6 Å². The first-order chi connectivity index (χ1) is 9.83. The molecule has 0 amide bonds. The lowest BCUT2D eigenvalue weighted by Gasteiger charge is -2.17. The summed E-state index contributed by atoms with van der Waals surface area (Å²) < 4.78 is 0. The summed E-state index contributed by atoms with van der Waals surface area (Å²) in [5, 5.41) is 3.70. The van der Waals surface area contributed by atoms with Crippen LogP contribution in [0.25, 0.3) is 0 Å². The predicted molar refractivity (Wildman–Crippen MR) is 89.5 cm³/mol. The third kappa shape index (κ3) is 4.46. The Morgan fingerprint density at radius 3 is 2.50 bits per heavy atom. The van der Waals surface area contributed by atoms with Gasteiger partial charge in [-0.2, -0.15) is 0 Å². The van der Waals surface area contributed by atoms with Crippen molar-refractivity contribution in [3.05, 3.63) is 57.8 Å². The Bertz CT molecular complexity index is 489. The average Bonchev–Trinajstić information content (AvgIpc) is 2.97. The largest absolute Gasteiger partial charge is 0.309 e. The van der Waals surface area contributed by atoms with E-state index in [-0.39, 0.29) is 0 Å². The number of hydrogen-bond acceptors (Lipinski definition) is 2. The Balaban J connectivity index is 1.99. The van der Waals surface area contributed by atoms with E-state index in [1.54, 1.807) is 0 Å². The van der Waals surface area contributed by atoms with Gasteiger partial charge in [0.25, 0.3) is 0 Å². The average molecular weight is 287 g/mol. The molecule has 1 unspecified atom stereocenters. The highest BCUT2D eigenvalue weighted by molar-refractivity contribution is 7.12. The highest BCUT2D eigenvalue weighted by Crippen LogP contribution is 2.27. The van der Waals surface area contributed by atoms with Crippen LogP contribution in [0.3, 0.4) is 0 Å². The van der Waals surface area contributed by atoms with Crippen LogP contribution in [0.1, 0.15) is 48.0 Å². The van der Waals surface area contributed by atoms with E-state index in [1.165, 1.54) is 28.2 Å². The summed E-state index contributed by atoms with van der Waals surface area (Å²) in [4.78, 5) is 2.98. The van der Waals surface area contributed by atoms with Crippen LogP contribution in [0.2, 0.25) is 0 Å². The summed E-state index contributed by atoms with van der Waals surface area (Å²) >= 11 is 1.96. The lowest BCUT2D eigenvalue weighted by molar-refractivity contribution is 0.506. The van der Waals surface area contributed by atoms with Gasteiger partial charge in [0.05, 0.1) is 0 Å². The molecule has 1 nitrogen and oxygen atoms in total. The van der Waals surface area contributed by atoms with Crippen LogP contribution in [-0.2, 0) is 12.8 Å². The van der Waals surface area contributed by atoms with Crippen LogP contribution >= 0.6 is 11.3 Å². The third-order valence-corrected chi connectivity index (χ3v) is 4.92. The minimum Gasteiger partial charge on any atom is -0.309 e. The van der Waals surface area contributed by atoms with Crippen molar-refractivity contribution in [3.63, 3.8) is 0 Å². The van der Waals surface area contributed by atoms with E-state index in [9.17, 15) is 0 Å². The van der Waals surface area contributed by atoms with Crippen molar-refractivity contribution in [1.29, 1.82) is 0 Å². The van der Waals surface area contributed by atoms with Gasteiger partial charge < -0.3 is 5.32 Å². The molecule has 0 aliphatic heterocycles. The molecular weight excluding hydrogens is 262 g/mol. The summed E-state index contributed by atoms with van der Waals surface area (Å²) in [6.07, 6.45) is 4.65. The first-order valence-corrected chi connectivity index (χ1v) is 8.51. The maximum atomic E-state index is 3.70. The van der Waals surface area contributed by atoms with Gasteiger partial charge in [-0.05, 0) is 49.9 Å². The van der Waals surface area contributed by atoms with Gasteiger partial charge in [-0.15, -0.1) is 11.3 Å². The van der Waals surface area contributed by atoms with E-state index < -0.39 is 0 Å². The van der Waals surface area contributed by atoms with Gasteiger partial charge in [0.1, 0.15) is 0 Å². The molecule has 2 aromatic rings. The lowest BCUT2D eigenvalue weighted by Crippen LogP contribution is -2.21. The minimum atomic E-state index is 0.500. The Morgan fingerprint density at radius 2 is 1.85 bits per heavy atom. The minimum absolute atomic E-state index is 0.500. The molecule has 20 heavy (non-hydrogen) atoms. The van der Waals surface area contributed by atoms with Gasteiger partial charge >= 0.3 is 0 Å². The number of rotatable bonds is 8. The lowest BCUT2D eigenvalue weighted by atomic mass is 10.0. The van der Waals surface area contributed by atoms with Gasteiger partial charge in [0, 0.05) is 15.8 Å². The van der Waals surface area contributed by atoms with Crippen molar-refractivity contribution in [2.75, 3.05) is 6.54 Å². The second-order valence-electron chi connectivity index (χ2n) is 5.19. The first kappa shape index (κ1) is 15.3. The fourth-order valence-corrected chi connectivity index (χ4v) is 3.45. The molecule has 1 atom stereocenters.